The molecule has 1 aromatic rings. The third-order valence-electron chi connectivity index (χ3n) is 3.13. The van der Waals surface area contributed by atoms with Crippen LogP contribution in [0.4, 0.5) is 0 Å². The smallest absolute Gasteiger partial charge is 0.335 e. The first-order valence-electron chi connectivity index (χ1n) is 7.44. The fraction of sp³-hybridized carbons (Fsp3) is 0.625. The molecular weight excluding hydrogens is 286 g/mol. The first-order chi connectivity index (χ1) is 10.4. The van der Waals surface area contributed by atoms with E-state index in [4.69, 9.17) is 13.9 Å². The molecule has 6 nitrogen and oxygen atoms in total. The third-order valence-corrected chi connectivity index (χ3v) is 3.13. The first kappa shape index (κ1) is 18.2. The lowest BCUT2D eigenvalue weighted by atomic mass is 10.1. The molecule has 22 heavy (non-hydrogen) atoms. The molecule has 6 heteroatoms. The van der Waals surface area contributed by atoms with Crippen LogP contribution in [0.3, 0.4) is 0 Å². The number of nitrogens with zero attached hydrogens (tertiary/aromatic N) is 1. The lowest BCUT2D eigenvalue weighted by Crippen LogP contribution is -2.33. The van der Waals surface area contributed by atoms with Crippen molar-refractivity contribution in [3.63, 3.8) is 0 Å². The van der Waals surface area contributed by atoms with Gasteiger partial charge in [0, 0.05) is 13.7 Å². The fourth-order valence-corrected chi connectivity index (χ4v) is 1.63. The highest BCUT2D eigenvalue weighted by molar-refractivity contribution is 5.81. The molecule has 0 aliphatic carbocycles. The lowest BCUT2D eigenvalue weighted by Gasteiger charge is -2.17. The zero-order chi connectivity index (χ0) is 16.5. The summed E-state index contributed by atoms with van der Waals surface area (Å²) in [5, 5.41) is 0. The number of hydrogen-bond acceptors (Lipinski definition) is 5. The molecular formula is C16H25NO5. The van der Waals surface area contributed by atoms with Crippen molar-refractivity contribution in [2.75, 3.05) is 20.3 Å². The van der Waals surface area contributed by atoms with Crippen LogP contribution < -0.4 is 0 Å². The molecule has 0 fully saturated rings. The van der Waals surface area contributed by atoms with E-state index >= 15 is 0 Å². The van der Waals surface area contributed by atoms with Gasteiger partial charge in [-0.15, -0.1) is 0 Å². The van der Waals surface area contributed by atoms with Crippen LogP contribution in [0.5, 0.6) is 0 Å². The molecule has 1 amide bonds. The summed E-state index contributed by atoms with van der Waals surface area (Å²) in [5.41, 5.74) is 0. The minimum absolute atomic E-state index is 0.292. The average molecular weight is 311 g/mol. The Morgan fingerprint density at radius 1 is 1.32 bits per heavy atom. The molecule has 1 atom stereocenters. The molecule has 0 N–H and O–H groups in total. The van der Waals surface area contributed by atoms with Gasteiger partial charge in [-0.25, -0.2) is 4.79 Å². The van der Waals surface area contributed by atoms with Gasteiger partial charge in [0.1, 0.15) is 5.76 Å². The van der Waals surface area contributed by atoms with Gasteiger partial charge in [-0.3, -0.25) is 4.79 Å². The highest BCUT2D eigenvalue weighted by Crippen LogP contribution is 2.05. The van der Waals surface area contributed by atoms with Gasteiger partial charge in [-0.05, 0) is 31.4 Å². The van der Waals surface area contributed by atoms with Crippen molar-refractivity contribution in [3.05, 3.63) is 24.2 Å². The molecule has 1 unspecified atom stereocenters. The van der Waals surface area contributed by atoms with E-state index in [2.05, 4.69) is 13.8 Å². The number of carbonyl (C=O) groups excluding carboxylic acids is 2. The Balaban J connectivity index is 2.25. The third kappa shape index (κ3) is 6.76. The molecule has 0 saturated heterocycles. The molecule has 0 bridgehead atoms. The Bertz CT molecular complexity index is 455. The van der Waals surface area contributed by atoms with E-state index in [-0.39, 0.29) is 12.5 Å². The number of likely N-dealkylation sites (N-methyl/N-ethyl adjacent to an activating group) is 1. The van der Waals surface area contributed by atoms with Crippen molar-refractivity contribution >= 4 is 11.9 Å². The maximum Gasteiger partial charge on any atom is 0.335 e. The Labute approximate surface area is 131 Å². The van der Waals surface area contributed by atoms with Crippen molar-refractivity contribution < 1.29 is 23.5 Å². The molecule has 0 aliphatic rings. The predicted molar refractivity (Wildman–Crippen MR) is 81.0 cm³/mol. The number of furan rings is 1. The van der Waals surface area contributed by atoms with Crippen LogP contribution in [0.15, 0.2) is 22.8 Å². The second-order valence-electron chi connectivity index (χ2n) is 5.63. The summed E-state index contributed by atoms with van der Waals surface area (Å²) in [6.07, 6.45) is 1.76. The SMILES string of the molecule is CC(C)CCOC(C)C(=O)OCC(=O)N(C)Cc1ccco1. The van der Waals surface area contributed by atoms with Crippen molar-refractivity contribution in [2.45, 2.75) is 39.8 Å². The van der Waals surface area contributed by atoms with Gasteiger partial charge in [-0.2, -0.15) is 0 Å². The minimum Gasteiger partial charge on any atom is -0.467 e. The van der Waals surface area contributed by atoms with Gasteiger partial charge < -0.3 is 18.8 Å². The normalized spacial score (nSPS) is 12.2. The van der Waals surface area contributed by atoms with Crippen LogP contribution in [0, 0.1) is 5.92 Å². The van der Waals surface area contributed by atoms with Gasteiger partial charge in [-0.1, -0.05) is 13.8 Å². The Kier molecular flexibility index (Phi) is 7.66. The van der Waals surface area contributed by atoms with Gasteiger partial charge in [0.05, 0.1) is 12.8 Å². The monoisotopic (exact) mass is 311 g/mol. The van der Waals surface area contributed by atoms with E-state index in [0.717, 1.165) is 6.42 Å². The van der Waals surface area contributed by atoms with Crippen LogP contribution in [0.25, 0.3) is 0 Å². The van der Waals surface area contributed by atoms with Crippen LogP contribution in [0.2, 0.25) is 0 Å². The second-order valence-corrected chi connectivity index (χ2v) is 5.63. The maximum atomic E-state index is 11.9. The summed E-state index contributed by atoms with van der Waals surface area (Å²) in [4.78, 5) is 25.0. The largest absolute Gasteiger partial charge is 0.467 e. The fourth-order valence-electron chi connectivity index (χ4n) is 1.63. The first-order valence-corrected chi connectivity index (χ1v) is 7.44. The minimum atomic E-state index is -0.665. The summed E-state index contributed by atoms with van der Waals surface area (Å²) >= 11 is 0. The number of rotatable bonds is 9. The number of ether oxygens (including phenoxy) is 2. The predicted octanol–water partition coefficient (Wildman–Crippen LogP) is 2.23. The number of amides is 1. The van der Waals surface area contributed by atoms with E-state index in [9.17, 15) is 9.59 Å². The van der Waals surface area contributed by atoms with Crippen molar-refractivity contribution in [1.29, 1.82) is 0 Å². The summed E-state index contributed by atoms with van der Waals surface area (Å²) in [5.74, 6) is 0.371. The molecule has 124 valence electrons. The topological polar surface area (TPSA) is 69.0 Å². The molecule has 1 heterocycles. The van der Waals surface area contributed by atoms with Crippen LogP contribution in [-0.2, 0) is 25.6 Å². The van der Waals surface area contributed by atoms with E-state index in [1.165, 1.54) is 4.90 Å². The van der Waals surface area contributed by atoms with E-state index in [1.54, 1.807) is 32.4 Å². The molecule has 0 spiro atoms. The summed E-state index contributed by atoms with van der Waals surface area (Å²) in [6, 6.07) is 3.53. The van der Waals surface area contributed by atoms with Gasteiger partial charge in [0.15, 0.2) is 12.7 Å². The lowest BCUT2D eigenvalue weighted by molar-refractivity contribution is -0.161. The van der Waals surface area contributed by atoms with Crippen molar-refractivity contribution in [2.24, 2.45) is 5.92 Å². The van der Waals surface area contributed by atoms with Gasteiger partial charge in [0.25, 0.3) is 5.91 Å². The zero-order valence-corrected chi connectivity index (χ0v) is 13.7. The standard InChI is InChI=1S/C16H25NO5/c1-12(2)7-9-20-13(3)16(19)22-11-15(18)17(4)10-14-6-5-8-21-14/h5-6,8,12-13H,7,9-11H2,1-4H3. The van der Waals surface area contributed by atoms with E-state index in [0.29, 0.717) is 24.8 Å². The molecule has 1 aromatic heterocycles. The number of carbonyl (C=O) groups is 2. The molecule has 0 radical (unpaired) electrons. The average Bonchev–Trinajstić information content (AvgIpc) is 2.96. The van der Waals surface area contributed by atoms with E-state index in [1.807, 2.05) is 0 Å². The second kappa shape index (κ2) is 9.25. The highest BCUT2D eigenvalue weighted by Gasteiger charge is 2.18. The van der Waals surface area contributed by atoms with Crippen LogP contribution in [-0.4, -0.2) is 43.1 Å². The Hall–Kier alpha value is -1.82. The zero-order valence-electron chi connectivity index (χ0n) is 13.7. The number of hydrogen-bond donors (Lipinski definition) is 0. The number of esters is 1. The molecule has 1 rings (SSSR count). The molecule has 0 saturated carbocycles. The van der Waals surface area contributed by atoms with Crippen molar-refractivity contribution in [1.82, 2.24) is 4.90 Å². The summed E-state index contributed by atoms with van der Waals surface area (Å²) in [6.45, 7) is 6.33. The van der Waals surface area contributed by atoms with Crippen LogP contribution in [0.1, 0.15) is 33.0 Å². The van der Waals surface area contributed by atoms with Crippen molar-refractivity contribution in [3.8, 4) is 0 Å². The van der Waals surface area contributed by atoms with Gasteiger partial charge >= 0.3 is 5.97 Å². The van der Waals surface area contributed by atoms with Crippen LogP contribution >= 0.6 is 0 Å². The molecule has 0 aliphatic heterocycles. The highest BCUT2D eigenvalue weighted by atomic mass is 16.6. The molecule has 0 aromatic carbocycles. The van der Waals surface area contributed by atoms with E-state index < -0.39 is 12.1 Å². The maximum absolute atomic E-state index is 11.9. The Morgan fingerprint density at radius 2 is 2.05 bits per heavy atom. The summed E-state index contributed by atoms with van der Waals surface area (Å²) in [7, 11) is 1.63. The van der Waals surface area contributed by atoms with Gasteiger partial charge in [0.2, 0.25) is 0 Å². The summed E-state index contributed by atoms with van der Waals surface area (Å²) < 4.78 is 15.5. The Morgan fingerprint density at radius 3 is 2.64 bits per heavy atom. The quantitative estimate of drug-likeness (QED) is 0.654.